The van der Waals surface area contributed by atoms with E-state index < -0.39 is 0 Å². The van der Waals surface area contributed by atoms with Gasteiger partial charge in [-0.25, -0.2) is 4.85 Å². The van der Waals surface area contributed by atoms with Gasteiger partial charge in [0.05, 0.1) is 13.2 Å². The summed E-state index contributed by atoms with van der Waals surface area (Å²) in [4.78, 5) is 3.39. The summed E-state index contributed by atoms with van der Waals surface area (Å²) in [5.74, 6) is 0.845. The lowest BCUT2D eigenvalue weighted by atomic mass is 10.2. The van der Waals surface area contributed by atoms with Crippen molar-refractivity contribution in [1.82, 2.24) is 4.57 Å². The molecule has 0 fully saturated rings. The van der Waals surface area contributed by atoms with Crippen LogP contribution in [0.3, 0.4) is 0 Å². The fourth-order valence-electron chi connectivity index (χ4n) is 3.78. The number of aryl methyl sites for hydroxylation is 1. The second kappa shape index (κ2) is 8.63. The minimum atomic E-state index is 0.650. The van der Waals surface area contributed by atoms with Crippen molar-refractivity contribution in [2.24, 2.45) is 0 Å². The first kappa shape index (κ1) is 18.1. The molecule has 0 radical (unpaired) electrons. The molecule has 3 nitrogen and oxygen atoms in total. The molecular formula is C25H24N2O. The fourth-order valence-corrected chi connectivity index (χ4v) is 3.78. The number of unbranched alkanes of at least 4 members (excludes halogenated alkanes) is 3. The number of benzene rings is 3. The molecule has 1 aromatic heterocycles. The minimum absolute atomic E-state index is 0.650. The summed E-state index contributed by atoms with van der Waals surface area (Å²) in [5, 5.41) is 2.69. The van der Waals surface area contributed by atoms with Gasteiger partial charge >= 0.3 is 0 Å². The molecule has 0 N–H and O–H groups in total. The van der Waals surface area contributed by atoms with E-state index in [-0.39, 0.29) is 0 Å². The van der Waals surface area contributed by atoms with Crippen molar-refractivity contribution in [1.29, 1.82) is 0 Å². The predicted molar refractivity (Wildman–Crippen MR) is 116 cm³/mol. The van der Waals surface area contributed by atoms with Crippen LogP contribution in [-0.4, -0.2) is 11.2 Å². The molecule has 3 heteroatoms. The zero-order valence-corrected chi connectivity index (χ0v) is 16.0. The highest BCUT2D eigenvalue weighted by atomic mass is 16.5. The number of hydrogen-bond donors (Lipinski definition) is 0. The van der Waals surface area contributed by atoms with E-state index in [0.29, 0.717) is 5.69 Å². The standard InChI is InChI=1S/C25H24N2O/c1-26-20-14-16-21(17-15-20)28-19-9-3-2-8-18-27-24-12-6-4-10-22(24)23-11-5-7-13-25(23)27/h4-7,10-17H,2-3,8-9,18-19H2. The number of fused-ring (bicyclic) bond motifs is 3. The molecule has 4 aromatic rings. The van der Waals surface area contributed by atoms with Crippen molar-refractivity contribution in [3.8, 4) is 5.75 Å². The molecule has 0 bridgehead atoms. The topological polar surface area (TPSA) is 18.5 Å². The van der Waals surface area contributed by atoms with E-state index in [2.05, 4.69) is 57.9 Å². The van der Waals surface area contributed by atoms with Gasteiger partial charge in [-0.05, 0) is 37.1 Å². The Hall–Kier alpha value is -3.25. The Kier molecular flexibility index (Phi) is 5.58. The van der Waals surface area contributed by atoms with Crippen LogP contribution < -0.4 is 4.74 Å². The molecule has 1 heterocycles. The summed E-state index contributed by atoms with van der Waals surface area (Å²) in [6, 6.07) is 24.7. The zero-order valence-electron chi connectivity index (χ0n) is 16.0. The zero-order chi connectivity index (χ0) is 19.2. The number of hydrogen-bond acceptors (Lipinski definition) is 1. The van der Waals surface area contributed by atoms with E-state index in [4.69, 9.17) is 11.3 Å². The smallest absolute Gasteiger partial charge is 0.187 e. The molecule has 0 aliphatic rings. The van der Waals surface area contributed by atoms with Crippen LogP contribution in [0.25, 0.3) is 26.7 Å². The van der Waals surface area contributed by atoms with E-state index in [9.17, 15) is 0 Å². The first-order valence-electron chi connectivity index (χ1n) is 9.93. The van der Waals surface area contributed by atoms with Gasteiger partial charge in [0.25, 0.3) is 0 Å². The molecule has 0 spiro atoms. The largest absolute Gasteiger partial charge is 0.494 e. The lowest BCUT2D eigenvalue weighted by Gasteiger charge is -2.08. The summed E-state index contributed by atoms with van der Waals surface area (Å²) < 4.78 is 8.22. The van der Waals surface area contributed by atoms with E-state index in [1.54, 1.807) is 12.1 Å². The van der Waals surface area contributed by atoms with Crippen molar-refractivity contribution in [3.63, 3.8) is 0 Å². The average molecular weight is 368 g/mol. The second-order valence-electron chi connectivity index (χ2n) is 7.05. The molecule has 4 rings (SSSR count). The first-order valence-corrected chi connectivity index (χ1v) is 9.93. The highest BCUT2D eigenvalue weighted by molar-refractivity contribution is 6.07. The third kappa shape index (κ3) is 3.87. The van der Waals surface area contributed by atoms with Gasteiger partial charge in [-0.1, -0.05) is 61.4 Å². The normalized spacial score (nSPS) is 11.0. The van der Waals surface area contributed by atoms with Crippen LogP contribution in [-0.2, 0) is 6.54 Å². The van der Waals surface area contributed by atoms with Gasteiger partial charge in [0.2, 0.25) is 0 Å². The molecule has 28 heavy (non-hydrogen) atoms. The lowest BCUT2D eigenvalue weighted by Crippen LogP contribution is -1.99. The van der Waals surface area contributed by atoms with Crippen LogP contribution >= 0.6 is 0 Å². The van der Waals surface area contributed by atoms with Gasteiger partial charge < -0.3 is 9.30 Å². The maximum atomic E-state index is 6.97. The summed E-state index contributed by atoms with van der Waals surface area (Å²) >= 11 is 0. The molecule has 0 unspecified atom stereocenters. The van der Waals surface area contributed by atoms with Gasteiger partial charge in [0, 0.05) is 28.4 Å². The predicted octanol–water partition coefficient (Wildman–Crippen LogP) is 6.98. The molecule has 140 valence electrons. The average Bonchev–Trinajstić information content (AvgIpc) is 3.07. The molecule has 0 atom stereocenters. The van der Waals surface area contributed by atoms with Crippen LogP contribution in [0.4, 0.5) is 5.69 Å². The maximum absolute atomic E-state index is 6.97. The molecule has 0 saturated carbocycles. The Morgan fingerprint density at radius 3 is 1.96 bits per heavy atom. The summed E-state index contributed by atoms with van der Waals surface area (Å²) in [6.45, 7) is 8.75. The number of para-hydroxylation sites is 2. The Balaban J connectivity index is 1.27. The maximum Gasteiger partial charge on any atom is 0.187 e. The second-order valence-corrected chi connectivity index (χ2v) is 7.05. The molecule has 0 aliphatic heterocycles. The summed E-state index contributed by atoms with van der Waals surface area (Å²) in [7, 11) is 0. The monoisotopic (exact) mass is 368 g/mol. The number of rotatable bonds is 8. The molecule has 0 saturated heterocycles. The number of aromatic nitrogens is 1. The quantitative estimate of drug-likeness (QED) is 0.242. The van der Waals surface area contributed by atoms with Crippen LogP contribution in [0.1, 0.15) is 25.7 Å². The van der Waals surface area contributed by atoms with Crippen LogP contribution in [0.15, 0.2) is 72.8 Å². The Morgan fingerprint density at radius 1 is 0.714 bits per heavy atom. The van der Waals surface area contributed by atoms with Gasteiger partial charge in [-0.15, -0.1) is 0 Å². The summed E-state index contributed by atoms with van der Waals surface area (Å²) in [6.07, 6.45) is 4.58. The van der Waals surface area contributed by atoms with Crippen molar-refractivity contribution in [2.75, 3.05) is 6.61 Å². The van der Waals surface area contributed by atoms with Gasteiger partial charge in [0.1, 0.15) is 5.75 Å². The highest BCUT2D eigenvalue weighted by Gasteiger charge is 2.08. The van der Waals surface area contributed by atoms with Crippen LogP contribution in [0.5, 0.6) is 5.75 Å². The Morgan fingerprint density at radius 2 is 1.32 bits per heavy atom. The summed E-state index contributed by atoms with van der Waals surface area (Å²) in [5.41, 5.74) is 3.31. The van der Waals surface area contributed by atoms with E-state index in [0.717, 1.165) is 31.7 Å². The fraction of sp³-hybridized carbons (Fsp3) is 0.240. The van der Waals surface area contributed by atoms with Crippen LogP contribution in [0, 0.1) is 6.57 Å². The minimum Gasteiger partial charge on any atom is -0.494 e. The van der Waals surface area contributed by atoms with E-state index >= 15 is 0 Å². The van der Waals surface area contributed by atoms with E-state index in [1.807, 2.05) is 12.1 Å². The SMILES string of the molecule is [C-]#[N+]c1ccc(OCCCCCCn2c3ccccc3c3ccccc32)cc1. The van der Waals surface area contributed by atoms with Crippen LogP contribution in [0.2, 0.25) is 0 Å². The number of ether oxygens (including phenoxy) is 1. The Labute approximate surface area is 166 Å². The third-order valence-corrected chi connectivity index (χ3v) is 5.19. The first-order chi connectivity index (χ1) is 13.9. The van der Waals surface area contributed by atoms with Gasteiger partial charge in [-0.2, -0.15) is 0 Å². The third-order valence-electron chi connectivity index (χ3n) is 5.19. The van der Waals surface area contributed by atoms with Crippen molar-refractivity contribution in [3.05, 3.63) is 84.2 Å². The highest BCUT2D eigenvalue weighted by Crippen LogP contribution is 2.29. The van der Waals surface area contributed by atoms with Gasteiger partial charge in [0.15, 0.2) is 5.69 Å². The van der Waals surface area contributed by atoms with Crippen molar-refractivity contribution < 1.29 is 4.74 Å². The molecule has 0 aliphatic carbocycles. The molecular weight excluding hydrogens is 344 g/mol. The number of nitrogens with zero attached hydrogens (tertiary/aromatic N) is 2. The Bertz CT molecular complexity index is 1050. The van der Waals surface area contributed by atoms with Crippen molar-refractivity contribution >= 4 is 27.5 Å². The van der Waals surface area contributed by atoms with Gasteiger partial charge in [-0.3, -0.25) is 0 Å². The van der Waals surface area contributed by atoms with Crippen molar-refractivity contribution in [2.45, 2.75) is 32.2 Å². The van der Waals surface area contributed by atoms with E-state index in [1.165, 1.54) is 34.6 Å². The molecule has 3 aromatic carbocycles. The molecule has 0 amide bonds. The lowest BCUT2D eigenvalue weighted by molar-refractivity contribution is 0.304.